The van der Waals surface area contributed by atoms with E-state index in [2.05, 4.69) is 40.3 Å². The molecule has 3 aromatic carbocycles. The summed E-state index contributed by atoms with van der Waals surface area (Å²) in [7, 11) is 0. The lowest BCUT2D eigenvalue weighted by atomic mass is 9.98. The van der Waals surface area contributed by atoms with E-state index in [1.54, 1.807) is 12.1 Å². The summed E-state index contributed by atoms with van der Waals surface area (Å²) in [5.74, 6) is -0.189. The number of rotatable bonds is 6. The van der Waals surface area contributed by atoms with Crippen molar-refractivity contribution in [3.8, 4) is 11.1 Å². The summed E-state index contributed by atoms with van der Waals surface area (Å²) in [6, 6.07) is 20.0. The fourth-order valence-electron chi connectivity index (χ4n) is 4.43. The maximum Gasteiger partial charge on any atom is 0.323 e. The number of carbonyl (C=O) groups is 1. The number of amides is 2. The Morgan fingerprint density at radius 1 is 0.972 bits per heavy atom. The number of nitrogens with zero attached hydrogens (tertiary/aromatic N) is 2. The standard InChI is InChI=1S/C28H27FN4O2S/c29-25-7-3-4-20(18-36)27(25)32-28(34)31-26-11-10-22(23-5-1-2-6-24(23)26)19-8-9-21(30-16-19)17-33-12-14-35-15-13-33/h1-11,16,36H,12-15,17-18H2,(H2,31,32,34). The van der Waals surface area contributed by atoms with Gasteiger partial charge in [-0.3, -0.25) is 9.88 Å². The number of hydrogen-bond acceptors (Lipinski definition) is 5. The largest absolute Gasteiger partial charge is 0.379 e. The molecular formula is C28H27FN4O2S. The molecule has 0 aliphatic carbocycles. The Kier molecular flexibility index (Phi) is 7.46. The molecule has 1 aromatic heterocycles. The molecule has 2 N–H and O–H groups in total. The van der Waals surface area contributed by atoms with Crippen molar-refractivity contribution < 1.29 is 13.9 Å². The van der Waals surface area contributed by atoms with E-state index in [1.807, 2.05) is 42.6 Å². The van der Waals surface area contributed by atoms with Gasteiger partial charge in [0, 0.05) is 42.5 Å². The van der Waals surface area contributed by atoms with Crippen LogP contribution in [0.25, 0.3) is 21.9 Å². The predicted molar refractivity (Wildman–Crippen MR) is 145 cm³/mol. The lowest BCUT2D eigenvalue weighted by molar-refractivity contribution is 0.0336. The summed E-state index contributed by atoms with van der Waals surface area (Å²) in [4.78, 5) is 19.8. The maximum atomic E-state index is 14.3. The molecule has 2 amide bonds. The summed E-state index contributed by atoms with van der Waals surface area (Å²) < 4.78 is 19.7. The minimum Gasteiger partial charge on any atom is -0.379 e. The van der Waals surface area contributed by atoms with Crippen molar-refractivity contribution in [2.24, 2.45) is 0 Å². The normalized spacial score (nSPS) is 14.1. The lowest BCUT2D eigenvalue weighted by Gasteiger charge is -2.26. The quantitative estimate of drug-likeness (QED) is 0.285. The van der Waals surface area contributed by atoms with Gasteiger partial charge in [-0.2, -0.15) is 12.6 Å². The lowest BCUT2D eigenvalue weighted by Crippen LogP contribution is -2.35. The van der Waals surface area contributed by atoms with Crippen molar-refractivity contribution in [3.63, 3.8) is 0 Å². The van der Waals surface area contributed by atoms with Gasteiger partial charge in [-0.05, 0) is 34.7 Å². The molecule has 8 heteroatoms. The highest BCUT2D eigenvalue weighted by Gasteiger charge is 2.15. The number of urea groups is 1. The molecule has 2 heterocycles. The van der Waals surface area contributed by atoms with Crippen LogP contribution < -0.4 is 10.6 Å². The zero-order valence-electron chi connectivity index (χ0n) is 19.7. The van der Waals surface area contributed by atoms with Gasteiger partial charge in [-0.15, -0.1) is 0 Å². The van der Waals surface area contributed by atoms with Gasteiger partial charge in [0.2, 0.25) is 0 Å². The van der Waals surface area contributed by atoms with Crippen LogP contribution in [0.4, 0.5) is 20.6 Å². The van der Waals surface area contributed by atoms with Crippen molar-refractivity contribution >= 4 is 40.8 Å². The first-order valence-corrected chi connectivity index (χ1v) is 12.5. The minimum atomic E-state index is -0.518. The number of hydrogen-bond donors (Lipinski definition) is 3. The van der Waals surface area contributed by atoms with Crippen LogP contribution >= 0.6 is 12.6 Å². The minimum absolute atomic E-state index is 0.133. The summed E-state index contributed by atoms with van der Waals surface area (Å²) in [5.41, 5.74) is 4.42. The molecule has 0 bridgehead atoms. The maximum absolute atomic E-state index is 14.3. The number of aromatic nitrogens is 1. The van der Waals surface area contributed by atoms with Crippen molar-refractivity contribution in [1.29, 1.82) is 0 Å². The van der Waals surface area contributed by atoms with Gasteiger partial charge in [0.05, 0.1) is 30.3 Å². The van der Waals surface area contributed by atoms with E-state index in [0.717, 1.165) is 60.4 Å². The van der Waals surface area contributed by atoms with Crippen molar-refractivity contribution in [2.75, 3.05) is 36.9 Å². The fraction of sp³-hybridized carbons (Fsp3) is 0.214. The second kappa shape index (κ2) is 11.1. The first kappa shape index (κ1) is 24.2. The second-order valence-electron chi connectivity index (χ2n) is 8.64. The molecule has 5 rings (SSSR count). The number of morpholine rings is 1. The molecule has 4 aromatic rings. The number of anilines is 2. The second-order valence-corrected chi connectivity index (χ2v) is 8.96. The Morgan fingerprint density at radius 2 is 1.78 bits per heavy atom. The van der Waals surface area contributed by atoms with Crippen LogP contribution in [0.5, 0.6) is 0 Å². The Bertz CT molecular complexity index is 1370. The van der Waals surface area contributed by atoms with Crippen LogP contribution in [0, 0.1) is 5.82 Å². The Labute approximate surface area is 214 Å². The molecule has 0 unspecified atom stereocenters. The van der Waals surface area contributed by atoms with E-state index < -0.39 is 11.8 Å². The van der Waals surface area contributed by atoms with Crippen LogP contribution in [-0.4, -0.2) is 42.2 Å². The van der Waals surface area contributed by atoms with Gasteiger partial charge in [-0.25, -0.2) is 9.18 Å². The average molecular weight is 503 g/mol. The molecule has 0 spiro atoms. The van der Waals surface area contributed by atoms with Crippen molar-refractivity contribution in [1.82, 2.24) is 9.88 Å². The third-order valence-electron chi connectivity index (χ3n) is 6.31. The molecule has 0 radical (unpaired) electrons. The molecule has 184 valence electrons. The fourth-order valence-corrected chi connectivity index (χ4v) is 4.70. The molecule has 1 fully saturated rings. The third kappa shape index (κ3) is 5.36. The number of halogens is 1. The van der Waals surface area contributed by atoms with E-state index in [1.165, 1.54) is 6.07 Å². The molecule has 6 nitrogen and oxygen atoms in total. The van der Waals surface area contributed by atoms with Crippen molar-refractivity contribution in [3.05, 3.63) is 90.0 Å². The molecule has 0 atom stereocenters. The number of pyridine rings is 1. The zero-order valence-corrected chi connectivity index (χ0v) is 20.6. The van der Waals surface area contributed by atoms with E-state index in [0.29, 0.717) is 17.0 Å². The van der Waals surface area contributed by atoms with Crippen LogP contribution in [0.1, 0.15) is 11.3 Å². The summed E-state index contributed by atoms with van der Waals surface area (Å²) in [5, 5.41) is 7.37. The number of thiol groups is 1. The predicted octanol–water partition coefficient (Wildman–Crippen LogP) is 5.95. The Hall–Kier alpha value is -3.46. The molecule has 36 heavy (non-hydrogen) atoms. The number of ether oxygens (including phenoxy) is 1. The van der Waals surface area contributed by atoms with E-state index in [9.17, 15) is 9.18 Å². The molecule has 1 aliphatic heterocycles. The number of nitrogens with one attached hydrogen (secondary N) is 2. The first-order valence-electron chi connectivity index (χ1n) is 11.9. The van der Waals surface area contributed by atoms with E-state index in [4.69, 9.17) is 9.72 Å². The number of carbonyl (C=O) groups excluding carboxylic acids is 1. The van der Waals surface area contributed by atoms with Crippen LogP contribution in [-0.2, 0) is 17.0 Å². The van der Waals surface area contributed by atoms with Gasteiger partial charge < -0.3 is 15.4 Å². The van der Waals surface area contributed by atoms with Gasteiger partial charge >= 0.3 is 6.03 Å². The average Bonchev–Trinajstić information content (AvgIpc) is 2.91. The van der Waals surface area contributed by atoms with E-state index >= 15 is 0 Å². The molecule has 1 saturated heterocycles. The number of fused-ring (bicyclic) bond motifs is 1. The van der Waals surface area contributed by atoms with Gasteiger partial charge in [0.15, 0.2) is 0 Å². The Balaban J connectivity index is 1.37. The third-order valence-corrected chi connectivity index (χ3v) is 6.65. The number of benzene rings is 3. The summed E-state index contributed by atoms with van der Waals surface area (Å²) in [6.07, 6.45) is 1.90. The van der Waals surface area contributed by atoms with Crippen LogP contribution in [0.3, 0.4) is 0 Å². The van der Waals surface area contributed by atoms with Crippen LogP contribution in [0.2, 0.25) is 0 Å². The SMILES string of the molecule is O=C(Nc1c(F)cccc1CS)Nc1ccc(-c2ccc(CN3CCOCC3)nc2)c2ccccc12. The Morgan fingerprint density at radius 3 is 2.53 bits per heavy atom. The highest BCUT2D eigenvalue weighted by Crippen LogP contribution is 2.33. The smallest absolute Gasteiger partial charge is 0.323 e. The zero-order chi connectivity index (χ0) is 24.9. The summed E-state index contributed by atoms with van der Waals surface area (Å²) >= 11 is 4.23. The summed E-state index contributed by atoms with van der Waals surface area (Å²) in [6.45, 7) is 4.17. The van der Waals surface area contributed by atoms with Gasteiger partial charge in [-0.1, -0.05) is 48.5 Å². The molecule has 0 saturated carbocycles. The van der Waals surface area contributed by atoms with E-state index in [-0.39, 0.29) is 5.69 Å². The highest BCUT2D eigenvalue weighted by atomic mass is 32.1. The van der Waals surface area contributed by atoms with Gasteiger partial charge in [0.25, 0.3) is 0 Å². The highest BCUT2D eigenvalue weighted by molar-refractivity contribution is 7.79. The molecule has 1 aliphatic rings. The topological polar surface area (TPSA) is 66.5 Å². The molecular weight excluding hydrogens is 475 g/mol. The van der Waals surface area contributed by atoms with Crippen LogP contribution in [0.15, 0.2) is 72.9 Å². The first-order chi connectivity index (χ1) is 17.6. The number of para-hydroxylation sites is 1. The monoisotopic (exact) mass is 502 g/mol. The van der Waals surface area contributed by atoms with Crippen molar-refractivity contribution in [2.45, 2.75) is 12.3 Å². The van der Waals surface area contributed by atoms with Gasteiger partial charge in [0.1, 0.15) is 5.82 Å².